The zero-order chi connectivity index (χ0) is 28.0. The minimum absolute atomic E-state index is 0.230. The number of fused-ring (bicyclic) bond motifs is 7. The second-order valence-corrected chi connectivity index (χ2v) is 10.7. The molecule has 0 bridgehead atoms. The van der Waals surface area contributed by atoms with E-state index in [1.54, 1.807) is 24.3 Å². The Morgan fingerprint density at radius 1 is 0.595 bits per heavy atom. The van der Waals surface area contributed by atoms with E-state index in [2.05, 4.69) is 24.3 Å². The maximum atomic E-state index is 17.0. The summed E-state index contributed by atoms with van der Waals surface area (Å²) < 4.78 is 36.1. The van der Waals surface area contributed by atoms with Crippen molar-refractivity contribution in [2.24, 2.45) is 4.99 Å². The van der Waals surface area contributed by atoms with Crippen molar-refractivity contribution in [3.05, 3.63) is 150 Å². The van der Waals surface area contributed by atoms with E-state index >= 15 is 8.96 Å². The van der Waals surface area contributed by atoms with E-state index in [9.17, 15) is 0 Å². The number of rotatable bonds is 2. The van der Waals surface area contributed by atoms with Gasteiger partial charge in [-0.2, -0.15) is 0 Å². The zero-order valence-electron chi connectivity index (χ0n) is 22.2. The second kappa shape index (κ2) is 8.28. The van der Waals surface area contributed by atoms with E-state index in [1.165, 1.54) is 0 Å². The lowest BCUT2D eigenvalue weighted by Crippen LogP contribution is -2.61. The van der Waals surface area contributed by atoms with Crippen molar-refractivity contribution in [3.63, 3.8) is 0 Å². The number of benzene rings is 6. The van der Waals surface area contributed by atoms with Gasteiger partial charge in [-0.05, 0) is 72.7 Å². The molecule has 1 aromatic heterocycles. The Kier molecular flexibility index (Phi) is 4.59. The Hall–Kier alpha value is -5.46. The first-order valence-corrected chi connectivity index (χ1v) is 13.9. The van der Waals surface area contributed by atoms with Gasteiger partial charge in [-0.25, -0.2) is 0 Å². The van der Waals surface area contributed by atoms with E-state index in [0.717, 1.165) is 52.6 Å². The first-order chi connectivity index (χ1) is 20.6. The molecule has 2 aliphatic rings. The average Bonchev–Trinajstić information content (AvgIpc) is 3.54. The Bertz CT molecular complexity index is 2450. The van der Waals surface area contributed by atoms with Crippen molar-refractivity contribution >= 4 is 49.7 Å². The number of aromatic nitrogens is 1. The maximum Gasteiger partial charge on any atom is 0.394 e. The molecule has 0 spiro atoms. The van der Waals surface area contributed by atoms with Crippen LogP contribution in [0.4, 0.5) is 14.8 Å². The van der Waals surface area contributed by atoms with Gasteiger partial charge < -0.3 is 0 Å². The second-order valence-electron chi connectivity index (χ2n) is 10.7. The van der Waals surface area contributed by atoms with Gasteiger partial charge >= 0.3 is 16.8 Å². The number of hydrogen-bond acceptors (Lipinski definition) is 1. The zero-order valence-corrected chi connectivity index (χ0v) is 22.2. The number of halogens is 2. The molecule has 7 aromatic rings. The summed E-state index contributed by atoms with van der Waals surface area (Å²) in [5.41, 5.74) is 3.49. The largest absolute Gasteiger partial charge is 0.394 e. The van der Waals surface area contributed by atoms with Crippen LogP contribution in [0.3, 0.4) is 0 Å². The van der Waals surface area contributed by atoms with E-state index in [1.807, 2.05) is 84.9 Å². The molecule has 0 atom stereocenters. The minimum Gasteiger partial charge on any atom is -0.0616 e. The number of para-hydroxylation sites is 2. The molecule has 0 saturated carbocycles. The third kappa shape index (κ3) is 3.07. The topological polar surface area (TPSA) is 20.3 Å². The van der Waals surface area contributed by atoms with Crippen LogP contribution >= 0.6 is 0 Å². The van der Waals surface area contributed by atoms with Crippen LogP contribution in [0.25, 0.3) is 49.1 Å². The average molecular weight is 549 g/mol. The van der Waals surface area contributed by atoms with Crippen LogP contribution in [0.1, 0.15) is 5.56 Å². The summed E-state index contributed by atoms with van der Waals surface area (Å²) in [6, 6.07) is 43.0. The molecule has 0 N–H and O–H groups in total. The summed E-state index contributed by atoms with van der Waals surface area (Å²) in [7, 11) is 0. The summed E-state index contributed by atoms with van der Waals surface area (Å²) in [6.45, 7) is 0. The third-order valence-corrected chi connectivity index (χ3v) is 8.42. The van der Waals surface area contributed by atoms with Gasteiger partial charge in [0.25, 0.3) is 0 Å². The summed E-state index contributed by atoms with van der Waals surface area (Å²) in [4.78, 5) is 5.12. The van der Waals surface area contributed by atoms with E-state index in [0.29, 0.717) is 22.0 Å². The van der Waals surface area contributed by atoms with Gasteiger partial charge in [0.1, 0.15) is 14.5 Å². The predicted octanol–water partition coefficient (Wildman–Crippen LogP) is 7.19. The van der Waals surface area contributed by atoms with Crippen molar-refractivity contribution in [2.45, 2.75) is 0 Å². The molecule has 0 aliphatic carbocycles. The lowest BCUT2D eigenvalue weighted by atomic mass is 9.99. The van der Waals surface area contributed by atoms with Crippen LogP contribution in [0.2, 0.25) is 0 Å². The smallest absolute Gasteiger partial charge is 0.0616 e. The highest BCUT2D eigenvalue weighted by Gasteiger charge is 2.59. The quantitative estimate of drug-likeness (QED) is 0.161. The van der Waals surface area contributed by atoms with Crippen LogP contribution in [0.15, 0.2) is 138 Å². The molecule has 0 fully saturated rings. The van der Waals surface area contributed by atoms with Gasteiger partial charge in [0, 0.05) is 10.6 Å². The molecule has 4 nitrogen and oxygen atoms in total. The fraction of sp³-hybridized carbons (Fsp3) is 0. The maximum absolute atomic E-state index is 17.0. The number of quaternary nitrogens is 1. The normalized spacial score (nSPS) is 15.1. The Labute approximate surface area is 238 Å². The standard InChI is InChI=1S/C36H22F2N4/c37-42(38)40-31-15-7-5-13-29(31)33(27-19-17-23-9-1-3-11-25(23)21-27)35(40)39-36-34(30-14-6-8-16-32(30)41(36)42)28-20-18-24-10-2-4-12-26(24)22-28/h1-22H/q+2. The number of nitrogens with zero attached hydrogens (tertiary/aromatic N) is 4. The van der Waals surface area contributed by atoms with Gasteiger partial charge in [-0.1, -0.05) is 103 Å². The summed E-state index contributed by atoms with van der Waals surface area (Å²) in [5, 5.41) is 3.62. The molecule has 6 aromatic carbocycles. The van der Waals surface area contributed by atoms with Crippen molar-refractivity contribution in [2.75, 3.05) is 0 Å². The first-order valence-electron chi connectivity index (χ1n) is 13.9. The van der Waals surface area contributed by atoms with Crippen LogP contribution in [0, 0.1) is 0 Å². The van der Waals surface area contributed by atoms with Crippen molar-refractivity contribution in [3.8, 4) is 11.1 Å². The molecule has 6 heteroatoms. The highest BCUT2D eigenvalue weighted by Crippen LogP contribution is 2.45. The summed E-state index contributed by atoms with van der Waals surface area (Å²) in [5.74, 6) is 0.461. The molecule has 0 radical (unpaired) electrons. The highest BCUT2D eigenvalue weighted by atomic mass is 19.4. The molecule has 3 heterocycles. The van der Waals surface area contributed by atoms with E-state index in [4.69, 9.17) is 4.99 Å². The van der Waals surface area contributed by atoms with Crippen molar-refractivity contribution in [1.82, 2.24) is 14.5 Å². The number of aliphatic imine (C=N–C) groups is 1. The lowest BCUT2D eigenvalue weighted by molar-refractivity contribution is -0.273. The fourth-order valence-corrected chi connectivity index (χ4v) is 6.56. The Morgan fingerprint density at radius 2 is 1.19 bits per heavy atom. The molecule has 9 rings (SSSR count). The van der Waals surface area contributed by atoms with Crippen LogP contribution in [-0.2, 0) is 0 Å². The SMILES string of the molecule is F[N+]1(F)n2c(c(-c3ccc4ccccc4c3)c3ccccc32)N=C2C(c3ccc4ccccc4c3)=c3ccccc3=[N+]21. The monoisotopic (exact) mass is 548 g/mol. The Morgan fingerprint density at radius 3 is 1.95 bits per heavy atom. The fourth-order valence-electron chi connectivity index (χ4n) is 6.56. The molecular formula is C36H22F2N4+2. The van der Waals surface area contributed by atoms with Crippen LogP contribution in [-0.4, -0.2) is 10.5 Å². The van der Waals surface area contributed by atoms with Crippen molar-refractivity contribution < 1.29 is 8.96 Å². The molecule has 2 aliphatic heterocycles. The van der Waals surface area contributed by atoms with Crippen LogP contribution in [0.5, 0.6) is 0 Å². The molecule has 0 saturated heterocycles. The summed E-state index contributed by atoms with van der Waals surface area (Å²) >= 11 is 0. The molecule has 0 amide bonds. The lowest BCUT2D eigenvalue weighted by Gasteiger charge is -2.16. The molecule has 0 unspecified atom stereocenters. The van der Waals surface area contributed by atoms with Gasteiger partial charge in [-0.3, -0.25) is 0 Å². The van der Waals surface area contributed by atoms with E-state index < -0.39 is 5.15 Å². The number of amidine groups is 1. The van der Waals surface area contributed by atoms with Crippen molar-refractivity contribution in [1.29, 1.82) is 0 Å². The number of hydrogen-bond donors (Lipinski definition) is 0. The van der Waals surface area contributed by atoms with Gasteiger partial charge in [0.2, 0.25) is 5.36 Å². The predicted molar refractivity (Wildman–Crippen MR) is 165 cm³/mol. The third-order valence-electron chi connectivity index (χ3n) is 8.42. The summed E-state index contributed by atoms with van der Waals surface area (Å²) in [6.07, 6.45) is 0. The van der Waals surface area contributed by atoms with Crippen LogP contribution < -0.4 is 20.4 Å². The highest BCUT2D eigenvalue weighted by molar-refractivity contribution is 6.26. The molecule has 42 heavy (non-hydrogen) atoms. The Balaban J connectivity index is 1.40. The van der Waals surface area contributed by atoms with Gasteiger partial charge in [-0.15, -0.1) is 0 Å². The first kappa shape index (κ1) is 23.3. The van der Waals surface area contributed by atoms with Gasteiger partial charge in [0.05, 0.1) is 15.8 Å². The molecule has 198 valence electrons. The minimum atomic E-state index is -2.53. The van der Waals surface area contributed by atoms with E-state index in [-0.39, 0.29) is 11.7 Å². The molecular weight excluding hydrogens is 526 g/mol. The van der Waals surface area contributed by atoms with Gasteiger partial charge in [0.15, 0.2) is 0 Å².